The summed E-state index contributed by atoms with van der Waals surface area (Å²) in [6, 6.07) is 14.0. The third-order valence-electron chi connectivity index (χ3n) is 4.08. The Morgan fingerprint density at radius 2 is 2.04 bits per heavy atom. The van der Waals surface area contributed by atoms with Crippen molar-refractivity contribution < 1.29 is 4.79 Å². The summed E-state index contributed by atoms with van der Waals surface area (Å²) in [5.74, 6) is 1.16. The Morgan fingerprint density at radius 1 is 1.13 bits per heavy atom. The predicted molar refractivity (Wildman–Crippen MR) is 94.4 cm³/mol. The van der Waals surface area contributed by atoms with Gasteiger partial charge in [-0.2, -0.15) is 0 Å². The Hall–Kier alpha value is -2.27. The number of rotatable bonds is 4. The molecule has 0 saturated carbocycles. The first-order chi connectivity index (χ1) is 11.3. The maximum absolute atomic E-state index is 12.0. The number of aromatic amines is 1. The van der Waals surface area contributed by atoms with Crippen molar-refractivity contribution in [2.45, 2.75) is 18.0 Å². The van der Waals surface area contributed by atoms with Crippen LogP contribution in [0.25, 0.3) is 11.0 Å². The molecule has 1 aliphatic heterocycles. The number of nitrogens with zero attached hydrogens (tertiary/aromatic N) is 1. The molecule has 0 spiro atoms. The van der Waals surface area contributed by atoms with Gasteiger partial charge in [0.2, 0.25) is 0 Å². The minimum atomic E-state index is 0.241. The molecule has 1 aromatic heterocycles. The molecule has 3 aromatic rings. The topological polar surface area (TPSA) is 57.8 Å². The normalized spacial score (nSPS) is 13.8. The summed E-state index contributed by atoms with van der Waals surface area (Å²) in [7, 11) is 0. The fraction of sp³-hybridized carbons (Fsp3) is 0.222. The van der Waals surface area contributed by atoms with Gasteiger partial charge >= 0.3 is 0 Å². The molecule has 23 heavy (non-hydrogen) atoms. The number of para-hydroxylation sites is 3. The van der Waals surface area contributed by atoms with E-state index >= 15 is 0 Å². The lowest BCUT2D eigenvalue weighted by Crippen LogP contribution is -2.19. The van der Waals surface area contributed by atoms with E-state index in [0.717, 1.165) is 46.2 Å². The van der Waals surface area contributed by atoms with E-state index in [9.17, 15) is 4.79 Å². The van der Waals surface area contributed by atoms with Gasteiger partial charge < -0.3 is 10.3 Å². The number of aryl methyl sites for hydroxylation is 1. The van der Waals surface area contributed by atoms with Crippen LogP contribution >= 0.6 is 11.8 Å². The average molecular weight is 323 g/mol. The monoisotopic (exact) mass is 323 g/mol. The number of imidazole rings is 1. The van der Waals surface area contributed by atoms with Gasteiger partial charge in [-0.15, -0.1) is 0 Å². The van der Waals surface area contributed by atoms with E-state index in [1.54, 1.807) is 11.8 Å². The third-order valence-corrected chi connectivity index (χ3v) is 4.96. The Bertz CT molecular complexity index is 839. The van der Waals surface area contributed by atoms with Crippen LogP contribution in [0.3, 0.4) is 0 Å². The van der Waals surface area contributed by atoms with E-state index in [-0.39, 0.29) is 5.78 Å². The highest BCUT2D eigenvalue weighted by Gasteiger charge is 2.18. The van der Waals surface area contributed by atoms with E-state index in [4.69, 9.17) is 0 Å². The van der Waals surface area contributed by atoms with Crippen molar-refractivity contribution in [1.29, 1.82) is 0 Å². The van der Waals surface area contributed by atoms with Gasteiger partial charge in [0.15, 0.2) is 10.9 Å². The summed E-state index contributed by atoms with van der Waals surface area (Å²) >= 11 is 1.71. The summed E-state index contributed by atoms with van der Waals surface area (Å²) in [5, 5.41) is 4.32. The fourth-order valence-corrected chi connectivity index (χ4v) is 3.80. The molecule has 2 aromatic carbocycles. The molecule has 4 nitrogen and oxygen atoms in total. The summed E-state index contributed by atoms with van der Waals surface area (Å²) in [5.41, 5.74) is 5.13. The summed E-state index contributed by atoms with van der Waals surface area (Å²) in [6.45, 7) is 0.736. The number of H-pyrrole nitrogens is 1. The molecule has 0 radical (unpaired) electrons. The molecular weight excluding hydrogens is 306 g/mol. The second-order valence-corrected chi connectivity index (χ2v) is 6.68. The lowest BCUT2D eigenvalue weighted by molar-refractivity contribution is 0.0983. The third kappa shape index (κ3) is 2.84. The molecule has 116 valence electrons. The largest absolute Gasteiger partial charge is 0.384 e. The van der Waals surface area contributed by atoms with Crippen molar-refractivity contribution in [2.24, 2.45) is 0 Å². The molecule has 4 rings (SSSR count). The van der Waals surface area contributed by atoms with Gasteiger partial charge in [0.1, 0.15) is 0 Å². The molecular formula is C18H17N3OS. The van der Waals surface area contributed by atoms with Gasteiger partial charge in [-0.3, -0.25) is 4.79 Å². The standard InChI is InChI=1S/C18H17N3OS/c22-16-8-10-19-17-12(4-3-5-13(16)17)9-11-23-18-20-14-6-1-2-7-15(14)21-18/h1-7,19H,8-11H2,(H,20,21). The zero-order valence-electron chi connectivity index (χ0n) is 12.6. The van der Waals surface area contributed by atoms with E-state index < -0.39 is 0 Å². The number of hydrogen-bond acceptors (Lipinski definition) is 4. The summed E-state index contributed by atoms with van der Waals surface area (Å²) in [6.07, 6.45) is 1.50. The van der Waals surface area contributed by atoms with Crippen molar-refractivity contribution >= 4 is 34.3 Å². The number of Topliss-reactive ketones (excluding diaryl/α,β-unsaturated/α-hetero) is 1. The van der Waals surface area contributed by atoms with Gasteiger partial charge in [0, 0.05) is 30.0 Å². The van der Waals surface area contributed by atoms with Crippen molar-refractivity contribution in [3.8, 4) is 0 Å². The van der Waals surface area contributed by atoms with Crippen LogP contribution in [0.2, 0.25) is 0 Å². The number of carbonyl (C=O) groups is 1. The Morgan fingerprint density at radius 3 is 2.96 bits per heavy atom. The first-order valence-corrected chi connectivity index (χ1v) is 8.76. The van der Waals surface area contributed by atoms with Crippen LogP contribution in [-0.4, -0.2) is 28.0 Å². The first kappa shape index (κ1) is 14.3. The van der Waals surface area contributed by atoms with Crippen LogP contribution in [-0.2, 0) is 6.42 Å². The van der Waals surface area contributed by atoms with Crippen LogP contribution < -0.4 is 5.32 Å². The number of thioether (sulfide) groups is 1. The van der Waals surface area contributed by atoms with Crippen molar-refractivity contribution in [1.82, 2.24) is 9.97 Å². The molecule has 0 amide bonds. The number of aromatic nitrogens is 2. The maximum atomic E-state index is 12.0. The second kappa shape index (κ2) is 6.08. The number of nitrogens with one attached hydrogen (secondary N) is 2. The predicted octanol–water partition coefficient (Wildman–Crippen LogP) is 3.90. The smallest absolute Gasteiger partial charge is 0.166 e. The Balaban J connectivity index is 1.47. The van der Waals surface area contributed by atoms with Gasteiger partial charge in [-0.1, -0.05) is 36.0 Å². The maximum Gasteiger partial charge on any atom is 0.166 e. The highest BCUT2D eigenvalue weighted by atomic mass is 32.2. The fourth-order valence-electron chi connectivity index (χ4n) is 2.94. The average Bonchev–Trinajstić information content (AvgIpc) is 2.98. The molecule has 0 saturated heterocycles. The van der Waals surface area contributed by atoms with Crippen molar-refractivity contribution in [3.05, 3.63) is 53.6 Å². The van der Waals surface area contributed by atoms with E-state index in [1.165, 1.54) is 5.56 Å². The molecule has 0 bridgehead atoms. The molecule has 0 aliphatic carbocycles. The van der Waals surface area contributed by atoms with Crippen LogP contribution in [0.4, 0.5) is 5.69 Å². The van der Waals surface area contributed by atoms with Gasteiger partial charge in [-0.25, -0.2) is 4.98 Å². The highest BCUT2D eigenvalue weighted by molar-refractivity contribution is 7.99. The van der Waals surface area contributed by atoms with Gasteiger partial charge in [0.25, 0.3) is 0 Å². The van der Waals surface area contributed by atoms with Crippen LogP contribution in [0.5, 0.6) is 0 Å². The molecule has 0 fully saturated rings. The molecule has 1 aliphatic rings. The van der Waals surface area contributed by atoms with E-state index in [2.05, 4.69) is 21.4 Å². The number of benzene rings is 2. The SMILES string of the molecule is O=C1CCNc2c(CCSc3nc4ccccc4[nH]3)cccc21. The van der Waals surface area contributed by atoms with Crippen LogP contribution in [0.1, 0.15) is 22.3 Å². The second-order valence-electron chi connectivity index (χ2n) is 5.60. The lowest BCUT2D eigenvalue weighted by atomic mass is 9.97. The zero-order chi connectivity index (χ0) is 15.6. The molecule has 2 N–H and O–H groups in total. The van der Waals surface area contributed by atoms with Gasteiger partial charge in [-0.05, 0) is 30.2 Å². The van der Waals surface area contributed by atoms with Crippen LogP contribution in [0, 0.1) is 0 Å². The molecule has 0 atom stereocenters. The summed E-state index contributed by atoms with van der Waals surface area (Å²) < 4.78 is 0. The number of carbonyl (C=O) groups excluding carboxylic acids is 1. The number of fused-ring (bicyclic) bond motifs is 2. The van der Waals surface area contributed by atoms with Crippen molar-refractivity contribution in [3.63, 3.8) is 0 Å². The van der Waals surface area contributed by atoms with E-state index in [1.807, 2.05) is 36.4 Å². The van der Waals surface area contributed by atoms with Crippen LogP contribution in [0.15, 0.2) is 47.6 Å². The molecule has 0 unspecified atom stereocenters. The molecule has 5 heteroatoms. The molecule has 2 heterocycles. The van der Waals surface area contributed by atoms with Crippen molar-refractivity contribution in [2.75, 3.05) is 17.6 Å². The Kier molecular flexibility index (Phi) is 3.79. The Labute approximate surface area is 138 Å². The minimum absolute atomic E-state index is 0.241. The number of anilines is 1. The first-order valence-electron chi connectivity index (χ1n) is 7.78. The zero-order valence-corrected chi connectivity index (χ0v) is 13.5. The quantitative estimate of drug-likeness (QED) is 0.715. The van der Waals surface area contributed by atoms with Gasteiger partial charge in [0.05, 0.1) is 11.0 Å². The lowest BCUT2D eigenvalue weighted by Gasteiger charge is -2.20. The number of ketones is 1. The highest BCUT2D eigenvalue weighted by Crippen LogP contribution is 2.28. The minimum Gasteiger partial charge on any atom is -0.384 e. The number of hydrogen-bond donors (Lipinski definition) is 2. The summed E-state index contributed by atoms with van der Waals surface area (Å²) in [4.78, 5) is 19.9. The van der Waals surface area contributed by atoms with E-state index in [0.29, 0.717) is 6.42 Å².